The lowest BCUT2D eigenvalue weighted by Gasteiger charge is -2.05. The second-order valence-corrected chi connectivity index (χ2v) is 5.21. The average molecular weight is 238 g/mol. The Labute approximate surface area is 98.8 Å². The van der Waals surface area contributed by atoms with E-state index in [2.05, 4.69) is 9.97 Å². The third-order valence-corrected chi connectivity index (χ3v) is 3.45. The zero-order valence-corrected chi connectivity index (χ0v) is 10.4. The van der Waals surface area contributed by atoms with Crippen molar-refractivity contribution < 1.29 is 9.53 Å². The topological polar surface area (TPSA) is 52.1 Å². The van der Waals surface area contributed by atoms with Crippen molar-refractivity contribution in [3.8, 4) is 0 Å². The van der Waals surface area contributed by atoms with Crippen molar-refractivity contribution in [2.45, 2.75) is 43.6 Å². The molecule has 2 rings (SSSR count). The molecule has 1 fully saturated rings. The van der Waals surface area contributed by atoms with E-state index in [1.807, 2.05) is 26.8 Å². The van der Waals surface area contributed by atoms with E-state index in [-0.39, 0.29) is 17.3 Å². The molecule has 0 spiro atoms. The quantitative estimate of drug-likeness (QED) is 0.581. The van der Waals surface area contributed by atoms with Gasteiger partial charge in [-0.2, -0.15) is 0 Å². The number of esters is 1. The minimum Gasteiger partial charge on any atom is -0.462 e. The van der Waals surface area contributed by atoms with Crippen molar-refractivity contribution in [1.29, 1.82) is 0 Å². The van der Waals surface area contributed by atoms with Gasteiger partial charge in [-0.05, 0) is 26.8 Å². The average Bonchev–Trinajstić information content (AvgIpc) is 2.43. The summed E-state index contributed by atoms with van der Waals surface area (Å²) in [4.78, 5) is 20.0. The minimum absolute atomic E-state index is 0.0223. The number of nitrogens with zero attached hydrogens (tertiary/aromatic N) is 2. The zero-order valence-electron chi connectivity index (χ0n) is 9.56. The van der Waals surface area contributed by atoms with Gasteiger partial charge in [0.15, 0.2) is 0 Å². The molecule has 0 saturated carbocycles. The van der Waals surface area contributed by atoms with Crippen molar-refractivity contribution in [1.82, 2.24) is 9.97 Å². The lowest BCUT2D eigenvalue weighted by Crippen LogP contribution is -2.10. The fourth-order valence-corrected chi connectivity index (χ4v) is 2.94. The first-order valence-corrected chi connectivity index (χ1v) is 6.12. The molecule has 1 aliphatic heterocycles. The van der Waals surface area contributed by atoms with Crippen molar-refractivity contribution in [3.05, 3.63) is 17.6 Å². The van der Waals surface area contributed by atoms with Crippen LogP contribution in [-0.2, 0) is 9.53 Å². The Kier molecular flexibility index (Phi) is 3.14. The van der Waals surface area contributed by atoms with Crippen LogP contribution in [0.25, 0.3) is 0 Å². The van der Waals surface area contributed by atoms with E-state index in [1.165, 1.54) is 11.8 Å². The van der Waals surface area contributed by atoms with Crippen LogP contribution in [0.2, 0.25) is 0 Å². The van der Waals surface area contributed by atoms with Gasteiger partial charge in [-0.3, -0.25) is 4.79 Å². The third-order valence-electron chi connectivity index (χ3n) is 2.33. The first-order valence-electron chi connectivity index (χ1n) is 5.24. The molecule has 0 radical (unpaired) electrons. The Hall–Kier alpha value is -1.10. The predicted molar refractivity (Wildman–Crippen MR) is 61.3 cm³/mol. The van der Waals surface area contributed by atoms with Crippen LogP contribution in [0.15, 0.2) is 11.1 Å². The first-order chi connectivity index (χ1) is 7.54. The molecule has 0 aliphatic carbocycles. The van der Waals surface area contributed by atoms with Gasteiger partial charge in [-0.15, -0.1) is 0 Å². The van der Waals surface area contributed by atoms with Gasteiger partial charge in [0, 0.05) is 12.1 Å². The van der Waals surface area contributed by atoms with Crippen LogP contribution in [0.1, 0.15) is 24.9 Å². The predicted octanol–water partition coefficient (Wildman–Crippen LogP) is 1.89. The molecule has 4 nitrogen and oxygen atoms in total. The van der Waals surface area contributed by atoms with E-state index in [9.17, 15) is 4.79 Å². The van der Waals surface area contributed by atoms with E-state index in [1.54, 1.807) is 0 Å². The maximum Gasteiger partial charge on any atom is 0.319 e. The van der Waals surface area contributed by atoms with Crippen molar-refractivity contribution in [2.75, 3.05) is 0 Å². The molecule has 1 aromatic heterocycles. The van der Waals surface area contributed by atoms with Gasteiger partial charge >= 0.3 is 5.97 Å². The molecular weight excluding hydrogens is 224 g/mol. The summed E-state index contributed by atoms with van der Waals surface area (Å²) >= 11 is 1.47. The van der Waals surface area contributed by atoms with E-state index < -0.39 is 0 Å². The highest BCUT2D eigenvalue weighted by Crippen LogP contribution is 2.31. The molecule has 1 saturated heterocycles. The van der Waals surface area contributed by atoms with Gasteiger partial charge in [-0.25, -0.2) is 9.97 Å². The number of hydrogen-bond acceptors (Lipinski definition) is 5. The number of aromatic nitrogens is 2. The first kappa shape index (κ1) is 11.4. The molecule has 5 heteroatoms. The third kappa shape index (κ3) is 2.52. The summed E-state index contributed by atoms with van der Waals surface area (Å²) < 4.78 is 5.10. The molecule has 2 heterocycles. The van der Waals surface area contributed by atoms with Crippen molar-refractivity contribution in [2.24, 2.45) is 0 Å². The van der Waals surface area contributed by atoms with Gasteiger partial charge in [0.2, 0.25) is 0 Å². The molecular formula is C11H14N2O2S. The second kappa shape index (κ2) is 4.41. The number of carbonyl (C=O) groups excluding carboxylic acids is 1. The molecule has 0 bridgehead atoms. The molecule has 16 heavy (non-hydrogen) atoms. The summed E-state index contributed by atoms with van der Waals surface area (Å²) in [6.07, 6.45) is 0.778. The summed E-state index contributed by atoms with van der Waals surface area (Å²) in [6.45, 7) is 5.69. The van der Waals surface area contributed by atoms with Crippen molar-refractivity contribution in [3.63, 3.8) is 0 Å². The molecule has 0 amide bonds. The Morgan fingerprint density at radius 3 is 2.75 bits per heavy atom. The number of thioether (sulfide) groups is 1. The standard InChI is InChI=1S/C11H14N2O2S/c1-6-4-10(13-8(3)12-6)16-9-5-7(2)15-11(9)14/h4,7,9H,5H2,1-3H3/t7-,9-/m0/s1. The monoisotopic (exact) mass is 238 g/mol. The number of cyclic esters (lactones) is 1. The number of rotatable bonds is 2. The summed E-state index contributed by atoms with van der Waals surface area (Å²) in [5.74, 6) is 0.605. The van der Waals surface area contributed by atoms with Gasteiger partial charge in [0.1, 0.15) is 22.2 Å². The van der Waals surface area contributed by atoms with Crippen LogP contribution in [0, 0.1) is 13.8 Å². The van der Waals surface area contributed by atoms with E-state index in [4.69, 9.17) is 4.74 Å². The zero-order chi connectivity index (χ0) is 11.7. The van der Waals surface area contributed by atoms with Gasteiger partial charge in [0.05, 0.1) is 0 Å². The molecule has 2 atom stereocenters. The van der Waals surface area contributed by atoms with Gasteiger partial charge < -0.3 is 4.74 Å². The molecule has 0 unspecified atom stereocenters. The Morgan fingerprint density at radius 2 is 2.19 bits per heavy atom. The van der Waals surface area contributed by atoms with Crippen LogP contribution in [-0.4, -0.2) is 27.3 Å². The van der Waals surface area contributed by atoms with Gasteiger partial charge in [0.25, 0.3) is 0 Å². The second-order valence-electron chi connectivity index (χ2n) is 3.98. The Morgan fingerprint density at radius 1 is 1.44 bits per heavy atom. The lowest BCUT2D eigenvalue weighted by molar-refractivity contribution is -0.140. The van der Waals surface area contributed by atoms with Crippen LogP contribution in [0.3, 0.4) is 0 Å². The largest absolute Gasteiger partial charge is 0.462 e. The highest BCUT2D eigenvalue weighted by molar-refractivity contribution is 8.00. The highest BCUT2D eigenvalue weighted by atomic mass is 32.2. The molecule has 1 aliphatic rings. The highest BCUT2D eigenvalue weighted by Gasteiger charge is 2.32. The maximum absolute atomic E-state index is 11.5. The summed E-state index contributed by atoms with van der Waals surface area (Å²) in [6, 6.07) is 1.90. The van der Waals surface area contributed by atoms with E-state index in [0.717, 1.165) is 23.0 Å². The number of hydrogen-bond donors (Lipinski definition) is 0. The fourth-order valence-electron chi connectivity index (χ4n) is 1.71. The minimum atomic E-state index is -0.133. The molecule has 0 N–H and O–H groups in total. The normalized spacial score (nSPS) is 24.6. The van der Waals surface area contributed by atoms with E-state index >= 15 is 0 Å². The molecule has 0 aromatic carbocycles. The number of ether oxygens (including phenoxy) is 1. The molecule has 86 valence electrons. The summed E-state index contributed by atoms with van der Waals surface area (Å²) in [5, 5.41) is 0.727. The maximum atomic E-state index is 11.5. The van der Waals surface area contributed by atoms with Crippen LogP contribution in [0.4, 0.5) is 0 Å². The van der Waals surface area contributed by atoms with E-state index in [0.29, 0.717) is 0 Å². The van der Waals surface area contributed by atoms with Crippen LogP contribution >= 0.6 is 11.8 Å². The number of carbonyl (C=O) groups is 1. The molecule has 1 aromatic rings. The van der Waals surface area contributed by atoms with Crippen LogP contribution in [0.5, 0.6) is 0 Å². The fraction of sp³-hybridized carbons (Fsp3) is 0.545. The van der Waals surface area contributed by atoms with Gasteiger partial charge in [-0.1, -0.05) is 11.8 Å². The number of aryl methyl sites for hydroxylation is 2. The summed E-state index contributed by atoms with van der Waals surface area (Å²) in [5.41, 5.74) is 0.925. The smallest absolute Gasteiger partial charge is 0.319 e. The Balaban J connectivity index is 2.12. The summed E-state index contributed by atoms with van der Waals surface area (Å²) in [7, 11) is 0. The lowest BCUT2D eigenvalue weighted by atomic mass is 10.3. The van der Waals surface area contributed by atoms with Crippen LogP contribution < -0.4 is 0 Å². The van der Waals surface area contributed by atoms with Crippen molar-refractivity contribution >= 4 is 17.7 Å². The Bertz CT molecular complexity index is 402. The SMILES string of the molecule is Cc1cc(S[C@H]2C[C@H](C)OC2=O)nc(C)n1.